The molecule has 10 heteroatoms. The fourth-order valence-electron chi connectivity index (χ4n) is 3.35. The molecular weight excluding hydrogens is 475 g/mol. The van der Waals surface area contributed by atoms with Gasteiger partial charge in [0.25, 0.3) is 11.8 Å². The summed E-state index contributed by atoms with van der Waals surface area (Å²) in [5.74, 6) is -0.877. The van der Waals surface area contributed by atoms with Crippen LogP contribution in [0.4, 0.5) is 30.2 Å². The van der Waals surface area contributed by atoms with Crippen molar-refractivity contribution in [1.29, 1.82) is 0 Å². The molecule has 1 saturated carbocycles. The molecule has 1 aliphatic rings. The van der Waals surface area contributed by atoms with Crippen molar-refractivity contribution in [2.45, 2.75) is 19.0 Å². The lowest BCUT2D eigenvalue weighted by Crippen LogP contribution is -2.23. The quantitative estimate of drug-likeness (QED) is 0.392. The van der Waals surface area contributed by atoms with Crippen molar-refractivity contribution in [1.82, 2.24) is 0 Å². The molecule has 0 heterocycles. The molecule has 1 fully saturated rings. The maximum absolute atomic E-state index is 13.0. The van der Waals surface area contributed by atoms with E-state index in [0.717, 1.165) is 25.0 Å². The number of anilines is 3. The summed E-state index contributed by atoms with van der Waals surface area (Å²) in [6, 6.07) is 17.0. The summed E-state index contributed by atoms with van der Waals surface area (Å²) in [4.78, 5) is 37.1. The van der Waals surface area contributed by atoms with Crippen molar-refractivity contribution < 1.29 is 32.3 Å². The van der Waals surface area contributed by atoms with Gasteiger partial charge in [-0.1, -0.05) is 24.3 Å². The second kappa shape index (κ2) is 10.5. The third-order valence-electron chi connectivity index (χ3n) is 5.31. The lowest BCUT2D eigenvalue weighted by atomic mass is 10.1. The minimum Gasteiger partial charge on any atom is -0.484 e. The second-order valence-electron chi connectivity index (χ2n) is 8.21. The average Bonchev–Trinajstić information content (AvgIpc) is 3.69. The van der Waals surface area contributed by atoms with Crippen LogP contribution >= 0.6 is 0 Å². The minimum absolute atomic E-state index is 0.0343. The molecular formula is C26H22F3N3O4. The number of halogens is 3. The molecule has 0 aromatic heterocycles. The maximum atomic E-state index is 13.0. The summed E-state index contributed by atoms with van der Waals surface area (Å²) in [6.45, 7) is -0.371. The van der Waals surface area contributed by atoms with Crippen LogP contribution in [0.25, 0.3) is 0 Å². The molecule has 36 heavy (non-hydrogen) atoms. The van der Waals surface area contributed by atoms with Gasteiger partial charge in [-0.2, -0.15) is 13.2 Å². The van der Waals surface area contributed by atoms with E-state index in [1.165, 1.54) is 24.3 Å². The number of hydrogen-bond donors (Lipinski definition) is 3. The van der Waals surface area contributed by atoms with Crippen molar-refractivity contribution in [3.8, 4) is 5.75 Å². The van der Waals surface area contributed by atoms with Crippen molar-refractivity contribution in [2.75, 3.05) is 22.6 Å². The van der Waals surface area contributed by atoms with Gasteiger partial charge < -0.3 is 20.7 Å². The van der Waals surface area contributed by atoms with Crippen LogP contribution in [0.2, 0.25) is 0 Å². The van der Waals surface area contributed by atoms with E-state index in [-0.39, 0.29) is 35.4 Å². The van der Waals surface area contributed by atoms with E-state index in [4.69, 9.17) is 4.74 Å². The van der Waals surface area contributed by atoms with Gasteiger partial charge in [0.15, 0.2) is 6.61 Å². The third-order valence-corrected chi connectivity index (χ3v) is 5.31. The lowest BCUT2D eigenvalue weighted by Gasteiger charge is -2.13. The highest BCUT2D eigenvalue weighted by atomic mass is 19.4. The van der Waals surface area contributed by atoms with E-state index in [2.05, 4.69) is 16.0 Å². The van der Waals surface area contributed by atoms with Crippen LogP contribution in [0, 0.1) is 5.92 Å². The maximum Gasteiger partial charge on any atom is 0.416 e. The molecule has 7 nitrogen and oxygen atoms in total. The number of benzene rings is 3. The largest absolute Gasteiger partial charge is 0.484 e. The van der Waals surface area contributed by atoms with Gasteiger partial charge in [0.2, 0.25) is 5.91 Å². The number of carbonyl (C=O) groups excluding carboxylic acids is 3. The molecule has 0 unspecified atom stereocenters. The molecule has 0 aliphatic heterocycles. The normalized spacial score (nSPS) is 13.0. The van der Waals surface area contributed by atoms with E-state index < -0.39 is 23.6 Å². The zero-order valence-corrected chi connectivity index (χ0v) is 18.9. The Balaban J connectivity index is 1.37. The van der Waals surface area contributed by atoms with Crippen LogP contribution < -0.4 is 20.7 Å². The van der Waals surface area contributed by atoms with Gasteiger partial charge in [0.1, 0.15) is 5.75 Å². The Morgan fingerprint density at radius 1 is 0.833 bits per heavy atom. The summed E-state index contributed by atoms with van der Waals surface area (Å²) in [7, 11) is 0. The highest BCUT2D eigenvalue weighted by Crippen LogP contribution is 2.31. The number of nitrogens with one attached hydrogen (secondary N) is 3. The van der Waals surface area contributed by atoms with Gasteiger partial charge in [0.05, 0.1) is 16.8 Å². The van der Waals surface area contributed by atoms with Gasteiger partial charge in [-0.3, -0.25) is 14.4 Å². The SMILES string of the molecule is O=C(COc1cccc(NC(=O)C2CC2)c1)Nc1ccccc1C(=O)Nc1cccc(C(F)(F)F)c1. The molecule has 0 spiro atoms. The predicted molar refractivity (Wildman–Crippen MR) is 128 cm³/mol. The molecule has 0 atom stereocenters. The number of hydrogen-bond acceptors (Lipinski definition) is 4. The minimum atomic E-state index is -4.55. The standard InChI is InChI=1S/C26H22F3N3O4/c27-26(28,29)17-5-3-6-18(13-17)31-25(35)21-9-1-2-10-22(21)32-23(33)15-36-20-8-4-7-19(14-20)30-24(34)16-11-12-16/h1-10,13-14,16H,11-12,15H2,(H,30,34)(H,31,35)(H,32,33). The van der Waals surface area contributed by atoms with Crippen molar-refractivity contribution in [3.05, 3.63) is 83.9 Å². The van der Waals surface area contributed by atoms with E-state index in [1.54, 1.807) is 36.4 Å². The van der Waals surface area contributed by atoms with E-state index >= 15 is 0 Å². The Morgan fingerprint density at radius 3 is 2.25 bits per heavy atom. The monoisotopic (exact) mass is 497 g/mol. The molecule has 3 aromatic rings. The summed E-state index contributed by atoms with van der Waals surface area (Å²) in [6.07, 6.45) is -2.79. The smallest absolute Gasteiger partial charge is 0.416 e. The Morgan fingerprint density at radius 2 is 1.53 bits per heavy atom. The highest BCUT2D eigenvalue weighted by molar-refractivity contribution is 6.10. The van der Waals surface area contributed by atoms with Gasteiger partial charge >= 0.3 is 6.18 Å². The first-order valence-electron chi connectivity index (χ1n) is 11.1. The van der Waals surface area contributed by atoms with Crippen LogP contribution in [0.1, 0.15) is 28.8 Å². The molecule has 4 rings (SSSR count). The summed E-state index contributed by atoms with van der Waals surface area (Å²) >= 11 is 0. The fraction of sp³-hybridized carbons (Fsp3) is 0.192. The van der Waals surface area contributed by atoms with Crippen LogP contribution in [0.3, 0.4) is 0 Å². The van der Waals surface area contributed by atoms with Gasteiger partial charge in [-0.15, -0.1) is 0 Å². The van der Waals surface area contributed by atoms with Crippen molar-refractivity contribution in [3.63, 3.8) is 0 Å². The third kappa shape index (κ3) is 6.62. The average molecular weight is 497 g/mol. The molecule has 1 aliphatic carbocycles. The van der Waals surface area contributed by atoms with E-state index in [9.17, 15) is 27.6 Å². The van der Waals surface area contributed by atoms with Crippen LogP contribution in [-0.4, -0.2) is 24.3 Å². The van der Waals surface area contributed by atoms with Crippen LogP contribution in [0.5, 0.6) is 5.75 Å². The number of ether oxygens (including phenoxy) is 1. The summed E-state index contributed by atoms with van der Waals surface area (Å²) < 4.78 is 44.4. The Labute approximate surface area is 204 Å². The zero-order chi connectivity index (χ0) is 25.7. The van der Waals surface area contributed by atoms with Crippen molar-refractivity contribution in [2.24, 2.45) is 5.92 Å². The lowest BCUT2D eigenvalue weighted by molar-refractivity contribution is -0.137. The molecule has 3 aromatic carbocycles. The van der Waals surface area contributed by atoms with Gasteiger partial charge in [-0.05, 0) is 55.3 Å². The number of para-hydroxylation sites is 1. The zero-order valence-electron chi connectivity index (χ0n) is 18.9. The first-order chi connectivity index (χ1) is 17.2. The molecule has 3 amide bonds. The number of alkyl halides is 3. The highest BCUT2D eigenvalue weighted by Gasteiger charge is 2.31. The number of carbonyl (C=O) groups is 3. The Bertz CT molecular complexity index is 1290. The predicted octanol–water partition coefficient (Wildman–Crippen LogP) is 5.32. The summed E-state index contributed by atoms with van der Waals surface area (Å²) in [5, 5.41) is 7.80. The molecule has 0 saturated heterocycles. The molecule has 0 radical (unpaired) electrons. The van der Waals surface area contributed by atoms with E-state index in [1.807, 2.05) is 0 Å². The van der Waals surface area contributed by atoms with Crippen LogP contribution in [0.15, 0.2) is 72.8 Å². The van der Waals surface area contributed by atoms with Gasteiger partial charge in [-0.25, -0.2) is 0 Å². The molecule has 0 bridgehead atoms. The summed E-state index contributed by atoms with van der Waals surface area (Å²) in [5.41, 5.74) is -0.140. The number of rotatable bonds is 8. The second-order valence-corrected chi connectivity index (χ2v) is 8.21. The molecule has 3 N–H and O–H groups in total. The van der Waals surface area contributed by atoms with E-state index in [0.29, 0.717) is 11.4 Å². The molecule has 186 valence electrons. The van der Waals surface area contributed by atoms with Crippen molar-refractivity contribution >= 4 is 34.8 Å². The Hall–Kier alpha value is -4.34. The number of amides is 3. The Kier molecular flexibility index (Phi) is 7.23. The van der Waals surface area contributed by atoms with Crippen LogP contribution in [-0.2, 0) is 15.8 Å². The first-order valence-corrected chi connectivity index (χ1v) is 11.1. The van der Waals surface area contributed by atoms with Gasteiger partial charge in [0, 0.05) is 23.4 Å². The fourth-order valence-corrected chi connectivity index (χ4v) is 3.35. The topological polar surface area (TPSA) is 96.5 Å². The first kappa shape index (κ1) is 24.8.